The van der Waals surface area contributed by atoms with Crippen LogP contribution in [0.2, 0.25) is 0 Å². The Morgan fingerprint density at radius 3 is 2.70 bits per heavy atom. The molecule has 0 bridgehead atoms. The first-order valence-corrected chi connectivity index (χ1v) is 10.00. The van der Waals surface area contributed by atoms with E-state index < -0.39 is 0 Å². The van der Waals surface area contributed by atoms with E-state index >= 15 is 0 Å². The minimum Gasteiger partial charge on any atom is -0.356 e. The lowest BCUT2D eigenvalue weighted by molar-refractivity contribution is 0.243. The molecule has 0 unspecified atom stereocenters. The van der Waals surface area contributed by atoms with E-state index in [2.05, 4.69) is 46.2 Å². The van der Waals surface area contributed by atoms with E-state index in [4.69, 9.17) is 4.52 Å². The van der Waals surface area contributed by atoms with E-state index in [1.54, 1.807) is 0 Å². The SMILES string of the molecule is CCC(CC)c1n[nH]c2c1CN(Cc1c(C)noc1-c1ccccc1)CC2. The van der Waals surface area contributed by atoms with Crippen LogP contribution in [0.5, 0.6) is 0 Å². The van der Waals surface area contributed by atoms with E-state index in [1.165, 1.54) is 22.5 Å². The third-order valence-corrected chi connectivity index (χ3v) is 5.82. The highest BCUT2D eigenvalue weighted by molar-refractivity contribution is 5.61. The number of rotatable bonds is 6. The molecule has 4 rings (SSSR count). The Labute approximate surface area is 160 Å². The number of H-pyrrole nitrogens is 1. The highest BCUT2D eigenvalue weighted by atomic mass is 16.5. The summed E-state index contributed by atoms with van der Waals surface area (Å²) in [6.07, 6.45) is 3.29. The van der Waals surface area contributed by atoms with Crippen molar-refractivity contribution in [3.63, 3.8) is 0 Å². The predicted octanol–water partition coefficient (Wildman–Crippen LogP) is 4.84. The van der Waals surface area contributed by atoms with Crippen LogP contribution in [-0.4, -0.2) is 26.8 Å². The van der Waals surface area contributed by atoms with Crippen LogP contribution in [0.1, 0.15) is 60.8 Å². The second kappa shape index (κ2) is 7.69. The lowest BCUT2D eigenvalue weighted by atomic mass is 9.93. The third kappa shape index (κ3) is 3.44. The van der Waals surface area contributed by atoms with Crippen molar-refractivity contribution in [1.29, 1.82) is 0 Å². The second-order valence-electron chi connectivity index (χ2n) is 7.48. The molecule has 0 saturated heterocycles. The Hall–Kier alpha value is -2.40. The molecule has 2 aromatic heterocycles. The van der Waals surface area contributed by atoms with Crippen LogP contribution in [0.15, 0.2) is 34.9 Å². The van der Waals surface area contributed by atoms with Crippen molar-refractivity contribution in [2.24, 2.45) is 0 Å². The molecule has 0 aliphatic carbocycles. The Morgan fingerprint density at radius 1 is 1.19 bits per heavy atom. The molecular weight excluding hydrogens is 336 g/mol. The molecule has 0 radical (unpaired) electrons. The van der Waals surface area contributed by atoms with Gasteiger partial charge in [0.05, 0.1) is 11.4 Å². The molecule has 0 fully saturated rings. The third-order valence-electron chi connectivity index (χ3n) is 5.82. The summed E-state index contributed by atoms with van der Waals surface area (Å²) in [6.45, 7) is 9.36. The summed E-state index contributed by atoms with van der Waals surface area (Å²) in [5, 5.41) is 12.2. The van der Waals surface area contributed by atoms with Crippen LogP contribution in [0.25, 0.3) is 11.3 Å². The molecule has 0 atom stereocenters. The van der Waals surface area contributed by atoms with Gasteiger partial charge in [-0.05, 0) is 19.8 Å². The topological polar surface area (TPSA) is 58.0 Å². The number of nitrogens with one attached hydrogen (secondary N) is 1. The molecule has 1 aliphatic rings. The molecule has 3 heterocycles. The van der Waals surface area contributed by atoms with Gasteiger partial charge in [-0.25, -0.2) is 0 Å². The summed E-state index contributed by atoms with van der Waals surface area (Å²) in [5.41, 5.74) is 7.25. The summed E-state index contributed by atoms with van der Waals surface area (Å²) in [4.78, 5) is 2.50. The van der Waals surface area contributed by atoms with Crippen LogP contribution >= 0.6 is 0 Å². The van der Waals surface area contributed by atoms with Crippen molar-refractivity contribution >= 4 is 0 Å². The molecule has 0 saturated carbocycles. The zero-order valence-corrected chi connectivity index (χ0v) is 16.5. The molecule has 142 valence electrons. The normalized spacial score (nSPS) is 14.7. The van der Waals surface area contributed by atoms with Crippen molar-refractivity contribution < 1.29 is 4.52 Å². The zero-order valence-electron chi connectivity index (χ0n) is 16.5. The van der Waals surface area contributed by atoms with Crippen LogP contribution in [-0.2, 0) is 19.5 Å². The molecule has 5 nitrogen and oxygen atoms in total. The van der Waals surface area contributed by atoms with Gasteiger partial charge in [-0.15, -0.1) is 0 Å². The lowest BCUT2D eigenvalue weighted by Gasteiger charge is -2.27. The van der Waals surface area contributed by atoms with Gasteiger partial charge in [0, 0.05) is 54.4 Å². The Bertz CT molecular complexity index is 892. The molecule has 3 aromatic rings. The molecule has 27 heavy (non-hydrogen) atoms. The smallest absolute Gasteiger partial charge is 0.171 e. The number of aryl methyl sites for hydroxylation is 1. The average Bonchev–Trinajstić information content (AvgIpc) is 3.28. The van der Waals surface area contributed by atoms with Crippen LogP contribution in [0.3, 0.4) is 0 Å². The maximum absolute atomic E-state index is 5.68. The summed E-state index contributed by atoms with van der Waals surface area (Å²) >= 11 is 0. The van der Waals surface area contributed by atoms with Crippen molar-refractivity contribution in [3.8, 4) is 11.3 Å². The number of nitrogens with zero attached hydrogens (tertiary/aromatic N) is 3. The number of hydrogen-bond acceptors (Lipinski definition) is 4. The van der Waals surface area contributed by atoms with Crippen molar-refractivity contribution in [3.05, 3.63) is 58.5 Å². The standard InChI is InChI=1S/C22H28N4O/c1-4-16(5-2)21-19-14-26(12-11-20(19)23-24-21)13-18-15(3)25-27-22(18)17-9-7-6-8-10-17/h6-10,16H,4-5,11-14H2,1-3H3,(H,23,24). The van der Waals surface area contributed by atoms with Gasteiger partial charge in [-0.1, -0.05) is 49.3 Å². The zero-order chi connectivity index (χ0) is 18.8. The molecule has 0 amide bonds. The maximum atomic E-state index is 5.68. The Balaban J connectivity index is 1.58. The molecule has 1 aliphatic heterocycles. The predicted molar refractivity (Wildman–Crippen MR) is 106 cm³/mol. The molecule has 5 heteroatoms. The average molecular weight is 364 g/mol. The van der Waals surface area contributed by atoms with Gasteiger partial charge in [0.2, 0.25) is 0 Å². The first-order chi connectivity index (χ1) is 13.2. The summed E-state index contributed by atoms with van der Waals surface area (Å²) in [7, 11) is 0. The number of aromatic amines is 1. The molecule has 1 N–H and O–H groups in total. The van der Waals surface area contributed by atoms with Crippen LogP contribution in [0, 0.1) is 6.92 Å². The molecule has 1 aromatic carbocycles. The van der Waals surface area contributed by atoms with Crippen molar-refractivity contribution in [2.45, 2.75) is 59.0 Å². The van der Waals surface area contributed by atoms with Gasteiger partial charge in [0.1, 0.15) is 0 Å². The Kier molecular flexibility index (Phi) is 5.12. The highest BCUT2D eigenvalue weighted by Gasteiger charge is 2.26. The van der Waals surface area contributed by atoms with Gasteiger partial charge >= 0.3 is 0 Å². The van der Waals surface area contributed by atoms with E-state index in [-0.39, 0.29) is 0 Å². The van der Waals surface area contributed by atoms with Crippen LogP contribution in [0.4, 0.5) is 0 Å². The van der Waals surface area contributed by atoms with Crippen molar-refractivity contribution in [2.75, 3.05) is 6.54 Å². The fraction of sp³-hybridized carbons (Fsp3) is 0.455. The van der Waals surface area contributed by atoms with E-state index in [0.717, 1.165) is 55.9 Å². The summed E-state index contributed by atoms with van der Waals surface area (Å²) in [6, 6.07) is 10.3. The maximum Gasteiger partial charge on any atom is 0.171 e. The monoisotopic (exact) mass is 364 g/mol. The van der Waals surface area contributed by atoms with Gasteiger partial charge in [-0.3, -0.25) is 10.00 Å². The van der Waals surface area contributed by atoms with E-state index in [9.17, 15) is 0 Å². The quantitative estimate of drug-likeness (QED) is 0.680. The van der Waals surface area contributed by atoms with Gasteiger partial charge in [0.15, 0.2) is 5.76 Å². The highest BCUT2D eigenvalue weighted by Crippen LogP contribution is 2.32. The first-order valence-electron chi connectivity index (χ1n) is 10.00. The largest absolute Gasteiger partial charge is 0.356 e. The van der Waals surface area contributed by atoms with E-state index in [0.29, 0.717) is 5.92 Å². The number of fused-ring (bicyclic) bond motifs is 1. The second-order valence-corrected chi connectivity index (χ2v) is 7.48. The van der Waals surface area contributed by atoms with Gasteiger partial charge in [-0.2, -0.15) is 5.10 Å². The fourth-order valence-electron chi connectivity index (χ4n) is 4.14. The molecule has 0 spiro atoms. The molecular formula is C22H28N4O. The van der Waals surface area contributed by atoms with Crippen LogP contribution < -0.4 is 0 Å². The minimum atomic E-state index is 0.544. The number of benzene rings is 1. The van der Waals surface area contributed by atoms with E-state index in [1.807, 2.05) is 25.1 Å². The number of aromatic nitrogens is 3. The minimum absolute atomic E-state index is 0.544. The number of hydrogen-bond donors (Lipinski definition) is 1. The van der Waals surface area contributed by atoms with Crippen molar-refractivity contribution in [1.82, 2.24) is 20.3 Å². The summed E-state index contributed by atoms with van der Waals surface area (Å²) in [5.74, 6) is 1.44. The van der Waals surface area contributed by atoms with Gasteiger partial charge < -0.3 is 4.52 Å². The van der Waals surface area contributed by atoms with Gasteiger partial charge in [0.25, 0.3) is 0 Å². The summed E-state index contributed by atoms with van der Waals surface area (Å²) < 4.78 is 5.68. The fourth-order valence-corrected chi connectivity index (χ4v) is 4.14. The lowest BCUT2D eigenvalue weighted by Crippen LogP contribution is -2.30. The Morgan fingerprint density at radius 2 is 1.96 bits per heavy atom. The first kappa shape index (κ1) is 18.0.